The van der Waals surface area contributed by atoms with Gasteiger partial charge in [0.05, 0.1) is 45.9 Å². The molecule has 0 unspecified atom stereocenters. The fourth-order valence-electron chi connectivity index (χ4n) is 8.85. The van der Waals surface area contributed by atoms with E-state index in [4.69, 9.17) is 14.1 Å². The number of hydrogen-bond donors (Lipinski definition) is 2. The Morgan fingerprint density at radius 1 is 1.08 bits per heavy atom. The zero-order valence-electron chi connectivity index (χ0n) is 27.6. The number of rotatable bonds is 8. The van der Waals surface area contributed by atoms with Gasteiger partial charge in [-0.3, -0.25) is 9.78 Å². The van der Waals surface area contributed by atoms with Gasteiger partial charge in [0, 0.05) is 35.2 Å². The molecule has 10 nitrogen and oxygen atoms in total. The van der Waals surface area contributed by atoms with Gasteiger partial charge in [-0.2, -0.15) is 0 Å². The molecule has 6 aromatic rings. The zero-order valence-corrected chi connectivity index (χ0v) is 28.5. The number of carbonyl (C=O) groups is 1. The number of amides is 1. The average molecular weight is 723 g/mol. The summed E-state index contributed by atoms with van der Waals surface area (Å²) in [6.45, 7) is 0.652. The predicted octanol–water partition coefficient (Wildman–Crippen LogP) is 6.90. The van der Waals surface area contributed by atoms with Gasteiger partial charge in [-0.15, -0.1) is 16.4 Å². The van der Waals surface area contributed by atoms with Gasteiger partial charge >= 0.3 is 5.76 Å². The number of ether oxygens (including phenoxy) is 1. The Hall–Kier alpha value is -5.50. The molecule has 2 aromatic carbocycles. The predicted molar refractivity (Wildman–Crippen MR) is 186 cm³/mol. The van der Waals surface area contributed by atoms with Crippen LogP contribution in [0.3, 0.4) is 0 Å². The number of pyridine rings is 2. The minimum absolute atomic E-state index is 0.00574. The molecule has 3 fully saturated rings. The molecule has 7 heterocycles. The number of anilines is 1. The quantitative estimate of drug-likeness (QED) is 0.174. The van der Waals surface area contributed by atoms with Crippen LogP contribution in [0.15, 0.2) is 63.9 Å². The summed E-state index contributed by atoms with van der Waals surface area (Å²) in [6, 6.07) is 12.1. The number of benzene rings is 2. The third kappa shape index (κ3) is 4.45. The number of carbonyl (C=O) groups excluding carboxylic acids is 1. The molecule has 2 atom stereocenters. The molecule has 2 N–H and O–H groups in total. The number of thiophene rings is 1. The van der Waals surface area contributed by atoms with Gasteiger partial charge in [0.15, 0.2) is 11.6 Å². The number of aryl methyl sites for hydroxylation is 2. The van der Waals surface area contributed by atoms with Crippen LogP contribution in [-0.2, 0) is 24.8 Å². The standard InChI is InChI=1S/C38H29F3N6O4S/c1-50-31-22-13-24(41)30(21(22)7-8-23(31)40)44-34-32-19(10-11-42-34)12-26(52-32)28-27(35-45-46-37(49)51-35)25(9-4-17-2-5-20(39)6-3-17)43-33-29(28)36(48)47-16-18-14-38(33,47)15-18/h2-3,5-8,10-12,18,24,30H,4,9,13-16H2,1H3,(H,42,44)(H,46,49)/t18?,24-,30+,38?/m1/s1. The molecule has 0 radical (unpaired) electrons. The molecule has 14 heteroatoms. The Kier molecular flexibility index (Phi) is 6.76. The second kappa shape index (κ2) is 11.2. The number of aromatic amines is 1. The van der Waals surface area contributed by atoms with E-state index in [0.29, 0.717) is 74.2 Å². The van der Waals surface area contributed by atoms with Crippen molar-refractivity contribution in [1.29, 1.82) is 0 Å². The van der Waals surface area contributed by atoms with Crippen LogP contribution in [0, 0.1) is 17.6 Å². The van der Waals surface area contributed by atoms with Crippen molar-refractivity contribution in [2.75, 3.05) is 19.0 Å². The van der Waals surface area contributed by atoms with Crippen molar-refractivity contribution < 1.29 is 27.1 Å². The van der Waals surface area contributed by atoms with E-state index >= 15 is 4.39 Å². The lowest BCUT2D eigenvalue weighted by Crippen LogP contribution is -2.40. The molecular weight excluding hydrogens is 694 g/mol. The summed E-state index contributed by atoms with van der Waals surface area (Å²) in [6.07, 6.45) is 2.82. The van der Waals surface area contributed by atoms with Crippen molar-refractivity contribution in [3.05, 3.63) is 111 Å². The van der Waals surface area contributed by atoms with Gasteiger partial charge < -0.3 is 19.4 Å². The van der Waals surface area contributed by atoms with Crippen LogP contribution in [0.25, 0.3) is 32.0 Å². The summed E-state index contributed by atoms with van der Waals surface area (Å²) in [5.74, 6) is -0.856. The molecule has 2 bridgehead atoms. The summed E-state index contributed by atoms with van der Waals surface area (Å²) in [5.41, 5.74) is 4.25. The van der Waals surface area contributed by atoms with E-state index in [0.717, 1.165) is 29.5 Å². The summed E-state index contributed by atoms with van der Waals surface area (Å²) in [5, 5.41) is 10.7. The first kappa shape index (κ1) is 31.3. The van der Waals surface area contributed by atoms with Crippen LogP contribution in [0.1, 0.15) is 57.3 Å². The smallest absolute Gasteiger partial charge is 0.434 e. The van der Waals surface area contributed by atoms with E-state index in [2.05, 4.69) is 20.5 Å². The van der Waals surface area contributed by atoms with Crippen molar-refractivity contribution in [2.45, 2.75) is 49.9 Å². The lowest BCUT2D eigenvalue weighted by Gasteiger charge is -2.37. The number of H-pyrrole nitrogens is 1. The van der Waals surface area contributed by atoms with Crippen molar-refractivity contribution in [2.24, 2.45) is 5.92 Å². The maximum atomic E-state index is 15.7. The van der Waals surface area contributed by atoms with Crippen LogP contribution in [0.5, 0.6) is 5.75 Å². The molecule has 11 rings (SSSR count). The van der Waals surface area contributed by atoms with Crippen LogP contribution in [-0.4, -0.2) is 50.8 Å². The Morgan fingerprint density at radius 3 is 2.67 bits per heavy atom. The van der Waals surface area contributed by atoms with Crippen LogP contribution in [0.2, 0.25) is 0 Å². The SMILES string of the molecule is COc1c(F)ccc2c1C[C@@H](F)[C@H]2Nc1nccc2cc(-c3c4c(nc(CCc5ccc(F)cc5)c3-c3n[nH]c(=O)o3)C35CC(CN3C4=O)C5)sc12. The van der Waals surface area contributed by atoms with E-state index in [1.165, 1.54) is 36.6 Å². The molecular formula is C38H29F3N6O4S. The zero-order chi connectivity index (χ0) is 35.5. The van der Waals surface area contributed by atoms with Crippen molar-refractivity contribution >= 4 is 33.1 Å². The number of nitrogens with one attached hydrogen (secondary N) is 2. The molecule has 1 amide bonds. The maximum absolute atomic E-state index is 15.7. The van der Waals surface area contributed by atoms with E-state index in [-0.39, 0.29) is 29.8 Å². The number of aromatic nitrogens is 4. The van der Waals surface area contributed by atoms with Crippen LogP contribution in [0.4, 0.5) is 19.0 Å². The highest BCUT2D eigenvalue weighted by atomic mass is 32.1. The van der Waals surface area contributed by atoms with Crippen molar-refractivity contribution in [3.8, 4) is 27.6 Å². The first-order valence-electron chi connectivity index (χ1n) is 17.1. The molecule has 1 spiro atoms. The molecule has 5 aliphatic rings. The first-order chi connectivity index (χ1) is 25.2. The highest BCUT2D eigenvalue weighted by Crippen LogP contribution is 2.63. The van der Waals surface area contributed by atoms with E-state index in [9.17, 15) is 18.4 Å². The lowest BCUT2D eigenvalue weighted by atomic mass is 9.71. The minimum atomic E-state index is -1.36. The maximum Gasteiger partial charge on any atom is 0.434 e. The third-order valence-electron chi connectivity index (χ3n) is 11.1. The topological polar surface area (TPSA) is 126 Å². The van der Waals surface area contributed by atoms with Gasteiger partial charge in [-0.1, -0.05) is 18.2 Å². The van der Waals surface area contributed by atoms with Crippen LogP contribution >= 0.6 is 11.3 Å². The highest BCUT2D eigenvalue weighted by molar-refractivity contribution is 7.23. The molecule has 262 valence electrons. The first-order valence-corrected chi connectivity index (χ1v) is 17.9. The number of halogens is 3. The highest BCUT2D eigenvalue weighted by Gasteiger charge is 2.65. The minimum Gasteiger partial charge on any atom is -0.493 e. The third-order valence-corrected chi connectivity index (χ3v) is 12.3. The van der Waals surface area contributed by atoms with E-state index < -0.39 is 29.3 Å². The average Bonchev–Trinajstić information content (AvgIpc) is 3.97. The Labute approximate surface area is 297 Å². The number of alkyl halides is 1. The second-order valence-corrected chi connectivity index (χ2v) is 15.0. The summed E-state index contributed by atoms with van der Waals surface area (Å²) >= 11 is 1.37. The van der Waals surface area contributed by atoms with Crippen LogP contribution < -0.4 is 15.8 Å². The molecule has 1 saturated carbocycles. The summed E-state index contributed by atoms with van der Waals surface area (Å²) in [7, 11) is 1.37. The number of fused-ring (bicyclic) bond motifs is 3. The van der Waals surface area contributed by atoms with E-state index in [1.54, 1.807) is 24.4 Å². The second-order valence-electron chi connectivity index (χ2n) is 14.0. The monoisotopic (exact) mass is 722 g/mol. The Balaban J connectivity index is 1.14. The van der Waals surface area contributed by atoms with Gasteiger partial charge in [0.25, 0.3) is 11.8 Å². The summed E-state index contributed by atoms with van der Waals surface area (Å²) < 4.78 is 55.5. The van der Waals surface area contributed by atoms with Gasteiger partial charge in [0.2, 0.25) is 0 Å². The Morgan fingerprint density at radius 2 is 1.90 bits per heavy atom. The van der Waals surface area contributed by atoms with Gasteiger partial charge in [-0.05, 0) is 78.4 Å². The Bertz CT molecular complexity index is 2520. The normalized spacial score (nSPS) is 22.4. The summed E-state index contributed by atoms with van der Waals surface area (Å²) in [4.78, 5) is 39.2. The molecule has 4 aromatic heterocycles. The number of methoxy groups -OCH3 is 1. The fourth-order valence-corrected chi connectivity index (χ4v) is 10.0. The molecule has 2 aliphatic carbocycles. The number of hydrogen-bond acceptors (Lipinski definition) is 9. The van der Waals surface area contributed by atoms with Gasteiger partial charge in [-0.25, -0.2) is 28.0 Å². The molecule has 3 aliphatic heterocycles. The van der Waals surface area contributed by atoms with E-state index in [1.807, 2.05) is 17.0 Å². The largest absolute Gasteiger partial charge is 0.493 e. The van der Waals surface area contributed by atoms with Crippen molar-refractivity contribution in [3.63, 3.8) is 0 Å². The lowest BCUT2D eigenvalue weighted by molar-refractivity contribution is 0.0637. The van der Waals surface area contributed by atoms with Gasteiger partial charge in [0.1, 0.15) is 17.8 Å². The fraction of sp³-hybridized carbons (Fsp3) is 0.289. The molecule has 2 saturated heterocycles. The molecule has 52 heavy (non-hydrogen) atoms. The number of nitrogens with zero attached hydrogens (tertiary/aromatic N) is 4. The van der Waals surface area contributed by atoms with Crippen molar-refractivity contribution in [1.82, 2.24) is 25.1 Å².